The van der Waals surface area contributed by atoms with Crippen LogP contribution in [0.4, 0.5) is 5.69 Å². The molecule has 0 radical (unpaired) electrons. The van der Waals surface area contributed by atoms with Crippen LogP contribution in [-0.4, -0.2) is 37.9 Å². The SMILES string of the molecule is COc1cccc(-n2ccn3c(SCC(=O)Nc4ccc(C(C)C)cc4)nnc3c2=O)c1. The molecule has 0 aliphatic rings. The van der Waals surface area contributed by atoms with Crippen LogP contribution in [0.15, 0.2) is 70.9 Å². The topological polar surface area (TPSA) is 90.5 Å². The number of methoxy groups -OCH3 is 1. The molecule has 0 atom stereocenters. The molecular weight excluding hydrogens is 426 g/mol. The van der Waals surface area contributed by atoms with Crippen molar-refractivity contribution in [3.63, 3.8) is 0 Å². The molecule has 0 unspecified atom stereocenters. The summed E-state index contributed by atoms with van der Waals surface area (Å²) in [6.07, 6.45) is 3.36. The Bertz CT molecular complexity index is 1310. The van der Waals surface area contributed by atoms with Crippen molar-refractivity contribution in [2.75, 3.05) is 18.2 Å². The Balaban J connectivity index is 1.47. The maximum atomic E-state index is 12.9. The van der Waals surface area contributed by atoms with Gasteiger partial charge in [0.25, 0.3) is 0 Å². The molecule has 32 heavy (non-hydrogen) atoms. The maximum Gasteiger partial charge on any atom is 0.300 e. The van der Waals surface area contributed by atoms with Crippen molar-refractivity contribution >= 4 is 29.0 Å². The number of thioether (sulfide) groups is 1. The minimum atomic E-state index is -0.310. The van der Waals surface area contributed by atoms with Gasteiger partial charge in [-0.15, -0.1) is 10.2 Å². The van der Waals surface area contributed by atoms with E-state index in [9.17, 15) is 9.59 Å². The fourth-order valence-electron chi connectivity index (χ4n) is 3.21. The predicted molar refractivity (Wildman–Crippen MR) is 125 cm³/mol. The first-order chi connectivity index (χ1) is 15.5. The first-order valence-electron chi connectivity index (χ1n) is 10.1. The molecular formula is C23H23N5O3S. The number of carbonyl (C=O) groups is 1. The lowest BCUT2D eigenvalue weighted by molar-refractivity contribution is -0.113. The van der Waals surface area contributed by atoms with Crippen molar-refractivity contribution in [2.45, 2.75) is 24.9 Å². The number of aromatic nitrogens is 4. The molecule has 0 bridgehead atoms. The molecule has 8 nitrogen and oxygen atoms in total. The molecule has 4 aromatic rings. The first-order valence-corrected chi connectivity index (χ1v) is 11.1. The van der Waals surface area contributed by atoms with Crippen LogP contribution in [-0.2, 0) is 4.79 Å². The second kappa shape index (κ2) is 9.27. The van der Waals surface area contributed by atoms with Crippen LogP contribution in [0.25, 0.3) is 11.3 Å². The van der Waals surface area contributed by atoms with Crippen LogP contribution in [0, 0.1) is 0 Å². The molecule has 164 valence electrons. The third-order valence-electron chi connectivity index (χ3n) is 4.96. The van der Waals surface area contributed by atoms with E-state index in [2.05, 4.69) is 29.4 Å². The van der Waals surface area contributed by atoms with Crippen molar-refractivity contribution in [3.05, 3.63) is 76.8 Å². The first kappa shape index (κ1) is 21.6. The third-order valence-corrected chi connectivity index (χ3v) is 5.91. The Morgan fingerprint density at radius 1 is 1.12 bits per heavy atom. The Morgan fingerprint density at radius 3 is 2.62 bits per heavy atom. The molecule has 0 saturated carbocycles. The van der Waals surface area contributed by atoms with Gasteiger partial charge in [0.2, 0.25) is 11.6 Å². The summed E-state index contributed by atoms with van der Waals surface area (Å²) in [5, 5.41) is 11.5. The number of nitrogens with zero attached hydrogens (tertiary/aromatic N) is 4. The van der Waals surface area contributed by atoms with E-state index >= 15 is 0 Å². The number of carbonyl (C=O) groups excluding carboxylic acids is 1. The normalized spacial score (nSPS) is 11.1. The molecule has 1 amide bonds. The van der Waals surface area contributed by atoms with Gasteiger partial charge >= 0.3 is 5.56 Å². The summed E-state index contributed by atoms with van der Waals surface area (Å²) in [6.45, 7) is 4.25. The molecule has 0 aliphatic heterocycles. The van der Waals surface area contributed by atoms with Crippen molar-refractivity contribution in [1.29, 1.82) is 0 Å². The van der Waals surface area contributed by atoms with Gasteiger partial charge in [-0.25, -0.2) is 0 Å². The smallest absolute Gasteiger partial charge is 0.300 e. The van der Waals surface area contributed by atoms with Crippen LogP contribution < -0.4 is 15.6 Å². The summed E-state index contributed by atoms with van der Waals surface area (Å²) in [5.41, 5.74) is 2.49. The zero-order valence-electron chi connectivity index (χ0n) is 18.0. The number of benzene rings is 2. The highest BCUT2D eigenvalue weighted by Crippen LogP contribution is 2.20. The van der Waals surface area contributed by atoms with Gasteiger partial charge in [0.1, 0.15) is 5.75 Å². The summed E-state index contributed by atoms with van der Waals surface area (Å²) in [5.74, 6) is 1.07. The Morgan fingerprint density at radius 2 is 1.91 bits per heavy atom. The Labute approximate surface area is 189 Å². The van der Waals surface area contributed by atoms with Gasteiger partial charge in [0, 0.05) is 24.1 Å². The van der Waals surface area contributed by atoms with E-state index in [0.717, 1.165) is 5.69 Å². The quantitative estimate of drug-likeness (QED) is 0.432. The fourth-order valence-corrected chi connectivity index (χ4v) is 3.92. The molecule has 0 aliphatic carbocycles. The highest BCUT2D eigenvalue weighted by molar-refractivity contribution is 7.99. The van der Waals surface area contributed by atoms with Crippen LogP contribution in [0.1, 0.15) is 25.3 Å². The summed E-state index contributed by atoms with van der Waals surface area (Å²) in [4.78, 5) is 25.3. The van der Waals surface area contributed by atoms with Crippen molar-refractivity contribution < 1.29 is 9.53 Å². The van der Waals surface area contributed by atoms with Gasteiger partial charge in [-0.1, -0.05) is 43.8 Å². The molecule has 0 saturated heterocycles. The number of ether oxygens (including phenoxy) is 1. The Hall–Kier alpha value is -3.59. The zero-order chi connectivity index (χ0) is 22.7. The number of hydrogen-bond donors (Lipinski definition) is 1. The zero-order valence-corrected chi connectivity index (χ0v) is 18.8. The standard InChI is InChI=1S/C23H23N5O3S/c1-15(2)16-7-9-17(10-8-16)24-20(29)14-32-23-26-25-21-22(30)27(11-12-28(21)23)18-5-4-6-19(13-18)31-3/h4-13,15H,14H2,1-3H3,(H,24,29). The van der Waals surface area contributed by atoms with Crippen LogP contribution in [0.5, 0.6) is 5.75 Å². The van der Waals surface area contributed by atoms with Crippen LogP contribution in [0.2, 0.25) is 0 Å². The molecule has 9 heteroatoms. The minimum Gasteiger partial charge on any atom is -0.497 e. The van der Waals surface area contributed by atoms with Crippen LogP contribution in [0.3, 0.4) is 0 Å². The highest BCUT2D eigenvalue weighted by atomic mass is 32.2. The number of fused-ring (bicyclic) bond motifs is 1. The average molecular weight is 450 g/mol. The van der Waals surface area contributed by atoms with E-state index in [1.54, 1.807) is 30.0 Å². The molecule has 0 spiro atoms. The second-order valence-corrected chi connectivity index (χ2v) is 8.41. The highest BCUT2D eigenvalue weighted by Gasteiger charge is 2.14. The Kier molecular flexibility index (Phi) is 6.27. The number of anilines is 1. The lowest BCUT2D eigenvalue weighted by atomic mass is 10.0. The van der Waals surface area contributed by atoms with E-state index in [4.69, 9.17) is 4.74 Å². The van der Waals surface area contributed by atoms with Crippen LogP contribution >= 0.6 is 11.8 Å². The van der Waals surface area contributed by atoms with E-state index in [-0.39, 0.29) is 22.9 Å². The molecule has 0 fully saturated rings. The number of rotatable bonds is 7. The molecule has 2 heterocycles. The summed E-state index contributed by atoms with van der Waals surface area (Å²) in [7, 11) is 1.57. The third kappa shape index (κ3) is 4.52. The molecule has 1 N–H and O–H groups in total. The van der Waals surface area contributed by atoms with E-state index in [1.807, 2.05) is 42.5 Å². The van der Waals surface area contributed by atoms with Gasteiger partial charge in [0.05, 0.1) is 18.6 Å². The second-order valence-electron chi connectivity index (χ2n) is 7.46. The van der Waals surface area contributed by atoms with Gasteiger partial charge < -0.3 is 10.1 Å². The lowest BCUT2D eigenvalue weighted by Gasteiger charge is -2.09. The monoisotopic (exact) mass is 449 g/mol. The number of hydrogen-bond acceptors (Lipinski definition) is 6. The number of nitrogens with one attached hydrogen (secondary N) is 1. The number of amides is 1. The van der Waals surface area contributed by atoms with Crippen molar-refractivity contribution in [2.24, 2.45) is 0 Å². The summed E-state index contributed by atoms with van der Waals surface area (Å²) < 4.78 is 8.30. The summed E-state index contributed by atoms with van der Waals surface area (Å²) in [6, 6.07) is 15.0. The average Bonchev–Trinajstić information content (AvgIpc) is 3.22. The lowest BCUT2D eigenvalue weighted by Crippen LogP contribution is -2.20. The van der Waals surface area contributed by atoms with E-state index < -0.39 is 0 Å². The summed E-state index contributed by atoms with van der Waals surface area (Å²) >= 11 is 1.22. The van der Waals surface area contributed by atoms with Crippen molar-refractivity contribution in [1.82, 2.24) is 19.2 Å². The maximum absolute atomic E-state index is 12.9. The van der Waals surface area contributed by atoms with E-state index in [1.165, 1.54) is 21.9 Å². The predicted octanol–water partition coefficient (Wildman–Crippen LogP) is 3.74. The van der Waals surface area contributed by atoms with Crippen molar-refractivity contribution in [3.8, 4) is 11.4 Å². The largest absolute Gasteiger partial charge is 0.497 e. The van der Waals surface area contributed by atoms with E-state index in [0.29, 0.717) is 22.5 Å². The minimum absolute atomic E-state index is 0.145. The molecule has 2 aromatic carbocycles. The van der Waals surface area contributed by atoms with Gasteiger partial charge in [-0.3, -0.25) is 18.6 Å². The molecule has 4 rings (SSSR count). The molecule has 2 aromatic heterocycles. The van der Waals surface area contributed by atoms with Gasteiger partial charge in [-0.05, 0) is 35.7 Å². The van der Waals surface area contributed by atoms with Gasteiger partial charge in [0.15, 0.2) is 5.16 Å². The van der Waals surface area contributed by atoms with Gasteiger partial charge in [-0.2, -0.15) is 0 Å². The fraction of sp³-hybridized carbons (Fsp3) is 0.217.